The maximum absolute atomic E-state index is 9.32. The molecule has 0 amide bonds. The number of aromatic nitrogens is 1. The van der Waals surface area contributed by atoms with Crippen LogP contribution in [0.2, 0.25) is 0 Å². The molecule has 1 aliphatic rings. The Bertz CT molecular complexity index is 372. The van der Waals surface area contributed by atoms with Crippen molar-refractivity contribution in [2.24, 2.45) is 0 Å². The van der Waals surface area contributed by atoms with E-state index in [-0.39, 0.29) is 6.61 Å². The van der Waals surface area contributed by atoms with Crippen LogP contribution in [-0.2, 0) is 13.0 Å². The molecule has 2 rings (SSSR count). The van der Waals surface area contributed by atoms with E-state index in [0.717, 1.165) is 49.7 Å². The lowest BCUT2D eigenvalue weighted by Crippen LogP contribution is -2.29. The van der Waals surface area contributed by atoms with Crippen LogP contribution in [0.1, 0.15) is 24.6 Å². The number of likely N-dealkylation sites (N-methyl/N-ethyl adjacent to an activating group) is 1. The molecule has 0 saturated carbocycles. The molecule has 18 heavy (non-hydrogen) atoms. The zero-order valence-corrected chi connectivity index (χ0v) is 11.4. The first-order valence-electron chi connectivity index (χ1n) is 6.77. The van der Waals surface area contributed by atoms with Crippen molar-refractivity contribution in [3.63, 3.8) is 0 Å². The quantitative estimate of drug-likeness (QED) is 0.876. The third-order valence-corrected chi connectivity index (χ3v) is 3.51. The number of aliphatic hydroxyl groups is 1. The molecule has 1 N–H and O–H groups in total. The molecule has 2 heterocycles. The molecule has 0 spiro atoms. The topological polar surface area (TPSA) is 39.6 Å². The largest absolute Gasteiger partial charge is 0.392 e. The van der Waals surface area contributed by atoms with E-state index in [2.05, 4.69) is 28.8 Å². The summed E-state index contributed by atoms with van der Waals surface area (Å²) in [7, 11) is 2.17. The normalized spacial score (nSPS) is 17.8. The standard InChI is InChI=1S/C14H23N3O/c1-3-13-9-12(11-18)10-14(15-13)17-6-4-5-16(2)7-8-17/h9-10,18H,3-8,11H2,1-2H3. The van der Waals surface area contributed by atoms with Gasteiger partial charge in [0.1, 0.15) is 5.82 Å². The van der Waals surface area contributed by atoms with Gasteiger partial charge >= 0.3 is 0 Å². The predicted octanol–water partition coefficient (Wildman–Crippen LogP) is 1.28. The zero-order valence-electron chi connectivity index (χ0n) is 11.4. The smallest absolute Gasteiger partial charge is 0.129 e. The molecule has 0 unspecified atom stereocenters. The molecule has 1 saturated heterocycles. The van der Waals surface area contributed by atoms with Crippen molar-refractivity contribution in [1.29, 1.82) is 0 Å². The van der Waals surface area contributed by atoms with Crippen molar-refractivity contribution in [1.82, 2.24) is 9.88 Å². The summed E-state index contributed by atoms with van der Waals surface area (Å²) < 4.78 is 0. The minimum absolute atomic E-state index is 0.0935. The number of hydrogen-bond acceptors (Lipinski definition) is 4. The molecule has 4 nitrogen and oxygen atoms in total. The maximum Gasteiger partial charge on any atom is 0.129 e. The number of rotatable bonds is 3. The first-order valence-corrected chi connectivity index (χ1v) is 6.77. The molecular weight excluding hydrogens is 226 g/mol. The van der Waals surface area contributed by atoms with Gasteiger partial charge in [0.25, 0.3) is 0 Å². The average Bonchev–Trinajstić information content (AvgIpc) is 2.63. The highest BCUT2D eigenvalue weighted by Gasteiger charge is 2.14. The highest BCUT2D eigenvalue weighted by molar-refractivity contribution is 5.43. The average molecular weight is 249 g/mol. The highest BCUT2D eigenvalue weighted by atomic mass is 16.3. The highest BCUT2D eigenvalue weighted by Crippen LogP contribution is 2.17. The molecule has 0 atom stereocenters. The molecule has 4 heteroatoms. The van der Waals surface area contributed by atoms with Crippen LogP contribution in [0.3, 0.4) is 0 Å². The monoisotopic (exact) mass is 249 g/mol. The lowest BCUT2D eigenvalue weighted by atomic mass is 10.2. The second-order valence-electron chi connectivity index (χ2n) is 4.98. The van der Waals surface area contributed by atoms with Crippen LogP contribution >= 0.6 is 0 Å². The number of pyridine rings is 1. The maximum atomic E-state index is 9.32. The minimum Gasteiger partial charge on any atom is -0.392 e. The Morgan fingerprint density at radius 2 is 2.06 bits per heavy atom. The van der Waals surface area contributed by atoms with Crippen molar-refractivity contribution in [3.8, 4) is 0 Å². The fourth-order valence-electron chi connectivity index (χ4n) is 2.34. The van der Waals surface area contributed by atoms with Crippen LogP contribution in [-0.4, -0.2) is 48.2 Å². The summed E-state index contributed by atoms with van der Waals surface area (Å²) in [4.78, 5) is 9.38. The van der Waals surface area contributed by atoms with Gasteiger partial charge in [-0.1, -0.05) is 6.92 Å². The van der Waals surface area contributed by atoms with E-state index in [4.69, 9.17) is 0 Å². The molecule has 0 aliphatic carbocycles. The third-order valence-electron chi connectivity index (χ3n) is 3.51. The Balaban J connectivity index is 2.20. The molecule has 0 aromatic carbocycles. The Hall–Kier alpha value is -1.13. The van der Waals surface area contributed by atoms with Crippen LogP contribution in [0, 0.1) is 0 Å². The minimum atomic E-state index is 0.0935. The molecule has 1 aliphatic heterocycles. The summed E-state index contributed by atoms with van der Waals surface area (Å²) in [6.45, 7) is 6.49. The molecule has 0 radical (unpaired) electrons. The first-order chi connectivity index (χ1) is 8.72. The van der Waals surface area contributed by atoms with E-state index in [9.17, 15) is 5.11 Å². The van der Waals surface area contributed by atoms with E-state index < -0.39 is 0 Å². The van der Waals surface area contributed by atoms with Crippen molar-refractivity contribution >= 4 is 5.82 Å². The summed E-state index contributed by atoms with van der Waals surface area (Å²) in [6, 6.07) is 4.01. The van der Waals surface area contributed by atoms with E-state index in [1.54, 1.807) is 0 Å². The lowest BCUT2D eigenvalue weighted by molar-refractivity contribution is 0.281. The summed E-state index contributed by atoms with van der Waals surface area (Å²) in [6.07, 6.45) is 2.08. The van der Waals surface area contributed by atoms with Crippen LogP contribution in [0.25, 0.3) is 0 Å². The number of hydrogen-bond donors (Lipinski definition) is 1. The van der Waals surface area contributed by atoms with E-state index in [1.807, 2.05) is 12.1 Å². The lowest BCUT2D eigenvalue weighted by Gasteiger charge is -2.22. The Morgan fingerprint density at radius 1 is 1.22 bits per heavy atom. The van der Waals surface area contributed by atoms with Crippen molar-refractivity contribution in [3.05, 3.63) is 23.4 Å². The number of aliphatic hydroxyl groups excluding tert-OH is 1. The van der Waals surface area contributed by atoms with Gasteiger partial charge in [-0.05, 0) is 44.1 Å². The Morgan fingerprint density at radius 3 is 2.78 bits per heavy atom. The van der Waals surface area contributed by atoms with Gasteiger partial charge in [0.15, 0.2) is 0 Å². The molecule has 1 aromatic rings. The van der Waals surface area contributed by atoms with E-state index >= 15 is 0 Å². The molecule has 100 valence electrons. The van der Waals surface area contributed by atoms with Gasteiger partial charge in [-0.15, -0.1) is 0 Å². The van der Waals surface area contributed by atoms with Crippen molar-refractivity contribution < 1.29 is 5.11 Å². The summed E-state index contributed by atoms with van der Waals surface area (Å²) in [5.41, 5.74) is 2.03. The summed E-state index contributed by atoms with van der Waals surface area (Å²) >= 11 is 0. The van der Waals surface area contributed by atoms with E-state index in [1.165, 1.54) is 6.42 Å². The second-order valence-corrected chi connectivity index (χ2v) is 4.98. The van der Waals surface area contributed by atoms with E-state index in [0.29, 0.717) is 0 Å². The van der Waals surface area contributed by atoms with Crippen LogP contribution in [0.5, 0.6) is 0 Å². The number of aryl methyl sites for hydroxylation is 1. The number of anilines is 1. The van der Waals surface area contributed by atoms with Gasteiger partial charge in [0, 0.05) is 25.3 Å². The summed E-state index contributed by atoms with van der Waals surface area (Å²) in [5, 5.41) is 9.32. The third kappa shape index (κ3) is 3.21. The van der Waals surface area contributed by atoms with Crippen LogP contribution < -0.4 is 4.90 Å². The molecule has 0 bridgehead atoms. The number of nitrogens with zero attached hydrogens (tertiary/aromatic N) is 3. The predicted molar refractivity (Wildman–Crippen MR) is 73.9 cm³/mol. The molecular formula is C14H23N3O. The second kappa shape index (κ2) is 6.16. The van der Waals surface area contributed by atoms with Gasteiger partial charge in [-0.3, -0.25) is 0 Å². The molecule has 1 fully saturated rings. The van der Waals surface area contributed by atoms with Crippen molar-refractivity contribution in [2.75, 3.05) is 38.1 Å². The van der Waals surface area contributed by atoms with Crippen LogP contribution in [0.15, 0.2) is 12.1 Å². The van der Waals surface area contributed by atoms with Crippen molar-refractivity contribution in [2.45, 2.75) is 26.4 Å². The van der Waals surface area contributed by atoms with Gasteiger partial charge in [0.2, 0.25) is 0 Å². The Labute approximate surface area is 109 Å². The fourth-order valence-corrected chi connectivity index (χ4v) is 2.34. The van der Waals surface area contributed by atoms with Gasteiger partial charge in [0.05, 0.1) is 6.61 Å². The molecule has 1 aromatic heterocycles. The van der Waals surface area contributed by atoms with Crippen LogP contribution in [0.4, 0.5) is 5.82 Å². The zero-order chi connectivity index (χ0) is 13.0. The first kappa shape index (κ1) is 13.3. The summed E-state index contributed by atoms with van der Waals surface area (Å²) in [5.74, 6) is 1.02. The Kier molecular flexibility index (Phi) is 4.55. The van der Waals surface area contributed by atoms with Gasteiger partial charge in [-0.25, -0.2) is 4.98 Å². The van der Waals surface area contributed by atoms with Gasteiger partial charge < -0.3 is 14.9 Å². The SMILES string of the molecule is CCc1cc(CO)cc(N2CCCN(C)CC2)n1. The fraction of sp³-hybridized carbons (Fsp3) is 0.643. The van der Waals surface area contributed by atoms with Gasteiger partial charge in [-0.2, -0.15) is 0 Å².